The third kappa shape index (κ3) is 3.26. The first-order chi connectivity index (χ1) is 13.9. The quantitative estimate of drug-likeness (QED) is 0.689. The summed E-state index contributed by atoms with van der Waals surface area (Å²) in [4.78, 5) is 26.9. The van der Waals surface area contributed by atoms with Gasteiger partial charge >= 0.3 is 0 Å². The van der Waals surface area contributed by atoms with Crippen molar-refractivity contribution in [2.45, 2.75) is 5.60 Å². The highest BCUT2D eigenvalue weighted by molar-refractivity contribution is 6.30. The first-order valence-electron chi connectivity index (χ1n) is 8.85. The van der Waals surface area contributed by atoms with Crippen LogP contribution in [-0.2, 0) is 15.2 Å². The fourth-order valence-corrected chi connectivity index (χ4v) is 3.67. The van der Waals surface area contributed by atoms with Crippen LogP contribution in [0.25, 0.3) is 0 Å². The van der Waals surface area contributed by atoms with Crippen molar-refractivity contribution in [3.8, 4) is 0 Å². The van der Waals surface area contributed by atoms with E-state index in [1.54, 1.807) is 48.5 Å². The topological polar surface area (TPSA) is 69.6 Å². The van der Waals surface area contributed by atoms with E-state index in [-0.39, 0.29) is 12.2 Å². The molecule has 0 saturated carbocycles. The van der Waals surface area contributed by atoms with Crippen molar-refractivity contribution >= 4 is 34.8 Å². The lowest BCUT2D eigenvalue weighted by molar-refractivity contribution is -0.133. The Balaban J connectivity index is 1.68. The number of benzene rings is 3. The maximum Gasteiger partial charge on any atom is 0.268 e. The van der Waals surface area contributed by atoms with Gasteiger partial charge in [-0.1, -0.05) is 54.1 Å². The van der Waals surface area contributed by atoms with Crippen molar-refractivity contribution in [2.75, 3.05) is 16.8 Å². The number of aliphatic hydroxyl groups is 1. The maximum atomic E-state index is 13.8. The molecule has 2 amide bonds. The Morgan fingerprint density at radius 1 is 1.07 bits per heavy atom. The highest BCUT2D eigenvalue weighted by Crippen LogP contribution is 2.44. The monoisotopic (exact) mass is 410 g/mol. The molecule has 5 nitrogen and oxygen atoms in total. The summed E-state index contributed by atoms with van der Waals surface area (Å²) in [5.74, 6) is -1.84. The van der Waals surface area contributed by atoms with E-state index >= 15 is 0 Å². The third-order valence-electron chi connectivity index (χ3n) is 4.83. The highest BCUT2D eigenvalue weighted by atomic mass is 35.5. The summed E-state index contributed by atoms with van der Waals surface area (Å²) in [6, 6.07) is 18.8. The summed E-state index contributed by atoms with van der Waals surface area (Å²) in [6.07, 6.45) is 0. The van der Waals surface area contributed by atoms with Crippen molar-refractivity contribution < 1.29 is 19.1 Å². The smallest absolute Gasteiger partial charge is 0.268 e. The Bertz CT molecular complexity index is 1120. The predicted octanol–water partition coefficient (Wildman–Crippen LogP) is 3.70. The zero-order valence-corrected chi connectivity index (χ0v) is 15.9. The van der Waals surface area contributed by atoms with Gasteiger partial charge in [-0.2, -0.15) is 0 Å². The van der Waals surface area contributed by atoms with Gasteiger partial charge in [0, 0.05) is 10.6 Å². The summed E-state index contributed by atoms with van der Waals surface area (Å²) >= 11 is 6.05. The van der Waals surface area contributed by atoms with Crippen LogP contribution in [0.5, 0.6) is 0 Å². The number of halogens is 2. The van der Waals surface area contributed by atoms with Gasteiger partial charge in [0.15, 0.2) is 5.60 Å². The Morgan fingerprint density at radius 3 is 2.55 bits per heavy atom. The number of carbonyl (C=O) groups is 2. The molecule has 0 aliphatic carbocycles. The number of nitrogens with one attached hydrogen (secondary N) is 1. The van der Waals surface area contributed by atoms with Crippen LogP contribution in [0, 0.1) is 5.82 Å². The van der Waals surface area contributed by atoms with Crippen molar-refractivity contribution in [2.24, 2.45) is 0 Å². The van der Waals surface area contributed by atoms with Crippen molar-refractivity contribution in [3.63, 3.8) is 0 Å². The molecule has 4 rings (SSSR count). The first-order valence-corrected chi connectivity index (χ1v) is 9.23. The second kappa shape index (κ2) is 7.31. The molecule has 0 radical (unpaired) electrons. The molecule has 3 aromatic rings. The molecule has 7 heteroatoms. The van der Waals surface area contributed by atoms with E-state index in [9.17, 15) is 19.1 Å². The van der Waals surface area contributed by atoms with Crippen LogP contribution in [0.4, 0.5) is 15.8 Å². The van der Waals surface area contributed by atoms with Crippen LogP contribution in [0.1, 0.15) is 11.1 Å². The van der Waals surface area contributed by atoms with Crippen molar-refractivity contribution in [3.05, 3.63) is 94.8 Å². The van der Waals surface area contributed by atoms with Crippen LogP contribution in [-0.4, -0.2) is 23.5 Å². The summed E-state index contributed by atoms with van der Waals surface area (Å²) in [6.45, 7) is -0.382. The Kier molecular flexibility index (Phi) is 4.82. The predicted molar refractivity (Wildman–Crippen MR) is 108 cm³/mol. The third-order valence-corrected chi connectivity index (χ3v) is 5.07. The summed E-state index contributed by atoms with van der Waals surface area (Å²) in [5.41, 5.74) is -0.892. The Morgan fingerprint density at radius 2 is 1.79 bits per heavy atom. The van der Waals surface area contributed by atoms with Crippen LogP contribution in [0.2, 0.25) is 5.02 Å². The summed E-state index contributed by atoms with van der Waals surface area (Å²) in [7, 11) is 0. The van der Waals surface area contributed by atoms with Gasteiger partial charge in [-0.3, -0.25) is 14.5 Å². The second-order valence-electron chi connectivity index (χ2n) is 6.66. The van der Waals surface area contributed by atoms with Crippen molar-refractivity contribution in [1.29, 1.82) is 0 Å². The SMILES string of the molecule is O=C(CN1C(=O)C(O)(c2cccc(Cl)c2)c2ccccc21)Nc1ccccc1F. The number of hydrogen-bond acceptors (Lipinski definition) is 3. The number of nitrogens with zero attached hydrogens (tertiary/aromatic N) is 1. The molecule has 0 fully saturated rings. The minimum atomic E-state index is -1.97. The van der Waals surface area contributed by atoms with Crippen LogP contribution in [0.15, 0.2) is 72.8 Å². The molecule has 1 aliphatic heterocycles. The van der Waals surface area contributed by atoms with E-state index in [2.05, 4.69) is 5.32 Å². The average Bonchev–Trinajstić information content (AvgIpc) is 2.93. The lowest BCUT2D eigenvalue weighted by Gasteiger charge is -2.23. The molecule has 29 heavy (non-hydrogen) atoms. The van der Waals surface area contributed by atoms with Gasteiger partial charge in [-0.05, 0) is 35.9 Å². The maximum absolute atomic E-state index is 13.8. The molecular formula is C22H16ClFN2O3. The van der Waals surface area contributed by atoms with Crippen molar-refractivity contribution in [1.82, 2.24) is 0 Å². The van der Waals surface area contributed by atoms with Crippen LogP contribution in [0.3, 0.4) is 0 Å². The molecule has 146 valence electrons. The molecule has 2 N–H and O–H groups in total. The molecule has 0 saturated heterocycles. The van der Waals surface area contributed by atoms with E-state index < -0.39 is 23.2 Å². The Hall–Kier alpha value is -3.22. The number of anilines is 2. The van der Waals surface area contributed by atoms with Gasteiger partial charge in [0.25, 0.3) is 5.91 Å². The molecular weight excluding hydrogens is 395 g/mol. The minimum Gasteiger partial charge on any atom is -0.372 e. The highest BCUT2D eigenvalue weighted by Gasteiger charge is 2.51. The fraction of sp³-hybridized carbons (Fsp3) is 0.0909. The molecule has 1 atom stereocenters. The number of hydrogen-bond donors (Lipinski definition) is 2. The number of fused-ring (bicyclic) bond motifs is 1. The zero-order valence-electron chi connectivity index (χ0n) is 15.1. The van der Waals surface area contributed by atoms with Gasteiger partial charge in [-0.15, -0.1) is 0 Å². The lowest BCUT2D eigenvalue weighted by Crippen LogP contribution is -2.44. The standard InChI is InChI=1S/C22H16ClFN2O3/c23-15-7-5-6-14(12-15)22(29)16-8-1-4-11-19(16)26(21(22)28)13-20(27)25-18-10-3-2-9-17(18)24/h1-12,29H,13H2,(H,25,27). The average molecular weight is 411 g/mol. The van der Waals surface area contributed by atoms with Gasteiger partial charge in [0.1, 0.15) is 12.4 Å². The molecule has 3 aromatic carbocycles. The molecule has 0 aromatic heterocycles. The van der Waals surface area contributed by atoms with Gasteiger partial charge in [0.2, 0.25) is 5.91 Å². The van der Waals surface area contributed by atoms with E-state index in [0.29, 0.717) is 21.8 Å². The number of rotatable bonds is 4. The van der Waals surface area contributed by atoms with Crippen LogP contribution >= 0.6 is 11.6 Å². The summed E-state index contributed by atoms with van der Waals surface area (Å²) in [5, 5.41) is 14.2. The van der Waals surface area contributed by atoms with E-state index in [0.717, 1.165) is 0 Å². The van der Waals surface area contributed by atoms with Gasteiger partial charge < -0.3 is 10.4 Å². The molecule has 1 unspecified atom stereocenters. The number of carbonyl (C=O) groups excluding carboxylic acids is 2. The normalized spacial score (nSPS) is 17.9. The number of para-hydroxylation sites is 2. The largest absolute Gasteiger partial charge is 0.372 e. The lowest BCUT2D eigenvalue weighted by atomic mass is 9.87. The van der Waals surface area contributed by atoms with Gasteiger partial charge in [-0.25, -0.2) is 4.39 Å². The molecule has 0 spiro atoms. The van der Waals surface area contributed by atoms with E-state index in [4.69, 9.17) is 11.6 Å². The zero-order chi connectivity index (χ0) is 20.6. The summed E-state index contributed by atoms with van der Waals surface area (Å²) < 4.78 is 13.8. The first kappa shape index (κ1) is 19.1. The van der Waals surface area contributed by atoms with Crippen LogP contribution < -0.4 is 10.2 Å². The fourth-order valence-electron chi connectivity index (χ4n) is 3.48. The minimum absolute atomic E-state index is 0.0162. The molecule has 0 bridgehead atoms. The van der Waals surface area contributed by atoms with E-state index in [1.807, 2.05) is 0 Å². The number of amides is 2. The van der Waals surface area contributed by atoms with Gasteiger partial charge in [0.05, 0.1) is 11.4 Å². The molecule has 1 heterocycles. The molecule has 1 aliphatic rings. The second-order valence-corrected chi connectivity index (χ2v) is 7.09. The Labute approximate surface area is 171 Å². The van der Waals surface area contributed by atoms with E-state index in [1.165, 1.54) is 29.2 Å².